The molecule has 3 nitrogen and oxygen atoms in total. The van der Waals surface area contributed by atoms with Gasteiger partial charge in [-0.05, 0) is 53.5 Å². The molecule has 126 valence electrons. The van der Waals surface area contributed by atoms with E-state index in [1.165, 1.54) is 16.7 Å². The van der Waals surface area contributed by atoms with Gasteiger partial charge in [0, 0.05) is 13.0 Å². The van der Waals surface area contributed by atoms with Gasteiger partial charge in [0.2, 0.25) is 5.91 Å². The van der Waals surface area contributed by atoms with E-state index in [9.17, 15) is 4.79 Å². The number of ether oxygens (including phenoxy) is 1. The fraction of sp³-hybridized carbons (Fsp3) is 0.381. The minimum atomic E-state index is 0.120. The Bertz CT molecular complexity index is 696. The molecule has 0 aromatic heterocycles. The zero-order chi connectivity index (χ0) is 16.9. The maximum absolute atomic E-state index is 11.6. The predicted octanol–water partition coefficient (Wildman–Crippen LogP) is 4.04. The van der Waals surface area contributed by atoms with E-state index >= 15 is 0 Å². The van der Waals surface area contributed by atoms with Crippen LogP contribution in [0.25, 0.3) is 0 Å². The highest BCUT2D eigenvalue weighted by Crippen LogP contribution is 2.46. The summed E-state index contributed by atoms with van der Waals surface area (Å²) in [4.78, 5) is 11.6. The van der Waals surface area contributed by atoms with Crippen molar-refractivity contribution in [3.8, 4) is 5.75 Å². The van der Waals surface area contributed by atoms with E-state index < -0.39 is 0 Å². The van der Waals surface area contributed by atoms with Crippen molar-refractivity contribution in [3.63, 3.8) is 0 Å². The van der Waals surface area contributed by atoms with Crippen LogP contribution in [-0.2, 0) is 11.2 Å². The first-order chi connectivity index (χ1) is 11.7. The lowest BCUT2D eigenvalue weighted by atomic mass is 9.84. The molecule has 0 heterocycles. The summed E-state index contributed by atoms with van der Waals surface area (Å²) in [7, 11) is 1.71. The van der Waals surface area contributed by atoms with Crippen LogP contribution in [0.1, 0.15) is 48.3 Å². The molecule has 1 N–H and O–H groups in total. The fourth-order valence-corrected chi connectivity index (χ4v) is 3.73. The molecule has 1 aliphatic carbocycles. The Morgan fingerprint density at radius 2 is 2.00 bits per heavy atom. The van der Waals surface area contributed by atoms with Gasteiger partial charge in [0.1, 0.15) is 5.75 Å². The van der Waals surface area contributed by atoms with Crippen molar-refractivity contribution in [2.75, 3.05) is 13.7 Å². The van der Waals surface area contributed by atoms with E-state index in [0.29, 0.717) is 18.3 Å². The number of methoxy groups -OCH3 is 1. The minimum Gasteiger partial charge on any atom is -0.497 e. The van der Waals surface area contributed by atoms with E-state index in [2.05, 4.69) is 47.8 Å². The maximum Gasteiger partial charge on any atom is 0.219 e. The Kier molecular flexibility index (Phi) is 5.19. The second-order valence-electron chi connectivity index (χ2n) is 6.38. The molecule has 0 saturated heterocycles. The van der Waals surface area contributed by atoms with Crippen LogP contribution in [0.2, 0.25) is 0 Å². The number of hydrogen-bond donors (Lipinski definition) is 1. The van der Waals surface area contributed by atoms with E-state index in [4.69, 9.17) is 4.74 Å². The molecule has 0 radical (unpaired) electrons. The summed E-state index contributed by atoms with van der Waals surface area (Å²) in [6.07, 6.45) is 2.54. The number of benzene rings is 2. The van der Waals surface area contributed by atoms with E-state index in [0.717, 1.165) is 25.1 Å². The molecular formula is C21H25NO2. The van der Waals surface area contributed by atoms with Crippen molar-refractivity contribution >= 4 is 5.91 Å². The Morgan fingerprint density at radius 1 is 1.21 bits per heavy atom. The van der Waals surface area contributed by atoms with Gasteiger partial charge >= 0.3 is 0 Å². The third kappa shape index (κ3) is 3.45. The van der Waals surface area contributed by atoms with Crippen molar-refractivity contribution in [1.29, 1.82) is 0 Å². The molecule has 24 heavy (non-hydrogen) atoms. The predicted molar refractivity (Wildman–Crippen MR) is 96.5 cm³/mol. The minimum absolute atomic E-state index is 0.120. The highest BCUT2D eigenvalue weighted by molar-refractivity contribution is 5.75. The second kappa shape index (κ2) is 7.52. The van der Waals surface area contributed by atoms with Crippen LogP contribution in [-0.4, -0.2) is 19.6 Å². The molecule has 2 unspecified atom stereocenters. The van der Waals surface area contributed by atoms with Crippen molar-refractivity contribution < 1.29 is 9.53 Å². The first kappa shape index (κ1) is 16.6. The molecule has 0 saturated carbocycles. The third-order valence-corrected chi connectivity index (χ3v) is 5.00. The summed E-state index contributed by atoms with van der Waals surface area (Å²) < 4.78 is 5.42. The van der Waals surface area contributed by atoms with Crippen LogP contribution in [0.15, 0.2) is 48.5 Å². The maximum atomic E-state index is 11.6. The number of carbonyl (C=O) groups is 1. The van der Waals surface area contributed by atoms with Gasteiger partial charge in [0.05, 0.1) is 7.11 Å². The number of hydrogen-bond acceptors (Lipinski definition) is 2. The molecule has 3 heteroatoms. The lowest BCUT2D eigenvalue weighted by molar-refractivity contribution is -0.120. The molecular weight excluding hydrogens is 298 g/mol. The van der Waals surface area contributed by atoms with Crippen molar-refractivity contribution in [2.24, 2.45) is 0 Å². The van der Waals surface area contributed by atoms with Crippen LogP contribution in [0.4, 0.5) is 0 Å². The third-order valence-electron chi connectivity index (χ3n) is 5.00. The second-order valence-corrected chi connectivity index (χ2v) is 6.38. The number of nitrogens with one attached hydrogen (secondary N) is 1. The van der Waals surface area contributed by atoms with Gasteiger partial charge in [-0.1, -0.05) is 43.3 Å². The van der Waals surface area contributed by atoms with Crippen LogP contribution in [0.3, 0.4) is 0 Å². The van der Waals surface area contributed by atoms with Gasteiger partial charge in [0.15, 0.2) is 0 Å². The van der Waals surface area contributed by atoms with Crippen molar-refractivity contribution in [3.05, 3.63) is 65.2 Å². The Balaban J connectivity index is 1.85. The largest absolute Gasteiger partial charge is 0.497 e. The van der Waals surface area contributed by atoms with Crippen LogP contribution >= 0.6 is 0 Å². The summed E-state index contributed by atoms with van der Waals surface area (Å²) in [5.41, 5.74) is 4.14. The molecule has 1 aliphatic rings. The van der Waals surface area contributed by atoms with E-state index in [1.54, 1.807) is 7.11 Å². The van der Waals surface area contributed by atoms with Gasteiger partial charge in [0.25, 0.3) is 0 Å². The first-order valence-corrected chi connectivity index (χ1v) is 8.71. The standard InChI is InChI=1S/C21H25NO2/c1-3-21(23)22-12-11-18-19(15-7-5-4-6-8-15)13-16-9-10-17(24-2)14-20(16)18/h4-10,14,18-19H,3,11-13H2,1-2H3,(H,22,23). The molecule has 0 spiro atoms. The number of fused-ring (bicyclic) bond motifs is 1. The smallest absolute Gasteiger partial charge is 0.219 e. The summed E-state index contributed by atoms with van der Waals surface area (Å²) in [5.74, 6) is 1.90. The molecule has 3 rings (SSSR count). The van der Waals surface area contributed by atoms with Gasteiger partial charge in [-0.25, -0.2) is 0 Å². The SMILES string of the molecule is CCC(=O)NCCC1c2cc(OC)ccc2CC1c1ccccc1. The fourth-order valence-electron chi connectivity index (χ4n) is 3.73. The molecule has 2 atom stereocenters. The van der Waals surface area contributed by atoms with E-state index in [1.807, 2.05) is 13.0 Å². The summed E-state index contributed by atoms with van der Waals surface area (Å²) >= 11 is 0. The van der Waals surface area contributed by atoms with Gasteiger partial charge in [-0.2, -0.15) is 0 Å². The first-order valence-electron chi connectivity index (χ1n) is 8.71. The highest BCUT2D eigenvalue weighted by atomic mass is 16.5. The van der Waals surface area contributed by atoms with Crippen LogP contribution < -0.4 is 10.1 Å². The van der Waals surface area contributed by atoms with Gasteiger partial charge in [-0.3, -0.25) is 4.79 Å². The van der Waals surface area contributed by atoms with Gasteiger partial charge in [-0.15, -0.1) is 0 Å². The summed E-state index contributed by atoms with van der Waals surface area (Å²) in [5, 5.41) is 3.02. The van der Waals surface area contributed by atoms with Crippen molar-refractivity contribution in [2.45, 2.75) is 38.0 Å². The Hall–Kier alpha value is -2.29. The number of carbonyl (C=O) groups excluding carboxylic acids is 1. The lowest BCUT2D eigenvalue weighted by Gasteiger charge is -2.21. The van der Waals surface area contributed by atoms with Crippen LogP contribution in [0.5, 0.6) is 5.75 Å². The summed E-state index contributed by atoms with van der Waals surface area (Å²) in [6, 6.07) is 17.1. The van der Waals surface area contributed by atoms with Crippen LogP contribution in [0, 0.1) is 0 Å². The average Bonchev–Trinajstić information content (AvgIpc) is 3.00. The number of amides is 1. The normalized spacial score (nSPS) is 18.9. The van der Waals surface area contributed by atoms with Gasteiger partial charge < -0.3 is 10.1 Å². The Labute approximate surface area is 144 Å². The molecule has 0 fully saturated rings. The quantitative estimate of drug-likeness (QED) is 0.871. The van der Waals surface area contributed by atoms with E-state index in [-0.39, 0.29) is 5.91 Å². The Morgan fingerprint density at radius 3 is 2.71 bits per heavy atom. The summed E-state index contributed by atoms with van der Waals surface area (Å²) in [6.45, 7) is 2.61. The molecule has 2 aromatic rings. The lowest BCUT2D eigenvalue weighted by Crippen LogP contribution is -2.25. The molecule has 0 aliphatic heterocycles. The molecule has 2 aromatic carbocycles. The monoisotopic (exact) mass is 323 g/mol. The van der Waals surface area contributed by atoms with Crippen molar-refractivity contribution in [1.82, 2.24) is 5.32 Å². The average molecular weight is 323 g/mol. The highest BCUT2D eigenvalue weighted by Gasteiger charge is 2.33. The molecule has 1 amide bonds. The zero-order valence-corrected chi connectivity index (χ0v) is 14.4. The molecule has 0 bridgehead atoms. The number of rotatable bonds is 6. The topological polar surface area (TPSA) is 38.3 Å². The zero-order valence-electron chi connectivity index (χ0n) is 14.4.